The van der Waals surface area contributed by atoms with Crippen molar-refractivity contribution in [3.05, 3.63) is 11.1 Å². The van der Waals surface area contributed by atoms with Crippen LogP contribution in [0.2, 0.25) is 0 Å². The van der Waals surface area contributed by atoms with Crippen LogP contribution < -0.4 is 0 Å². The Labute approximate surface area is 224 Å². The number of Topliss-reactive ketones (excluding diaryl/α,β-unsaturated/α-hetero) is 1. The average molecular weight is 511 g/mol. The van der Waals surface area contributed by atoms with Crippen molar-refractivity contribution >= 4 is 18.0 Å². The van der Waals surface area contributed by atoms with Gasteiger partial charge in [0.2, 0.25) is 0 Å². The quantitative estimate of drug-likeness (QED) is 0.290. The van der Waals surface area contributed by atoms with Crippen LogP contribution in [0, 0.1) is 50.7 Å². The largest absolute Gasteiger partial charge is 0.462 e. The molecule has 0 aliphatic heterocycles. The molecule has 0 radical (unpaired) electrons. The number of rotatable bonds is 4. The normalized spacial score (nSPS) is 46.6. The van der Waals surface area contributed by atoms with Crippen LogP contribution in [0.3, 0.4) is 0 Å². The van der Waals surface area contributed by atoms with E-state index in [1.54, 1.807) is 6.92 Å². The third-order valence-electron chi connectivity index (χ3n) is 13.3. The first-order valence-electron chi connectivity index (χ1n) is 15.1. The monoisotopic (exact) mass is 510 g/mol. The van der Waals surface area contributed by atoms with Crippen LogP contribution >= 0.6 is 0 Å². The number of ketones is 1. The molecule has 5 rings (SSSR count). The van der Waals surface area contributed by atoms with Gasteiger partial charge in [-0.15, -0.1) is 0 Å². The molecule has 4 heteroatoms. The molecule has 0 unspecified atom stereocenters. The van der Waals surface area contributed by atoms with Crippen LogP contribution in [0.1, 0.15) is 120 Å². The Kier molecular flexibility index (Phi) is 6.25. The first-order valence-corrected chi connectivity index (χ1v) is 15.1. The number of allylic oxidation sites excluding steroid dienone is 2. The van der Waals surface area contributed by atoms with Crippen LogP contribution in [-0.4, -0.2) is 24.1 Å². The number of esters is 1. The minimum Gasteiger partial charge on any atom is -0.462 e. The molecule has 4 nitrogen and oxygen atoms in total. The highest BCUT2D eigenvalue weighted by Gasteiger charge is 2.70. The van der Waals surface area contributed by atoms with Crippen LogP contribution in [0.15, 0.2) is 11.1 Å². The van der Waals surface area contributed by atoms with Gasteiger partial charge in [0.25, 0.3) is 0 Å². The summed E-state index contributed by atoms with van der Waals surface area (Å²) in [6, 6.07) is 0. The molecule has 0 aromatic heterocycles. The average Bonchev–Trinajstić information content (AvgIpc) is 3.08. The summed E-state index contributed by atoms with van der Waals surface area (Å²) in [6.45, 7) is 18.3. The number of hydrogen-bond acceptors (Lipinski definition) is 4. The summed E-state index contributed by atoms with van der Waals surface area (Å²) < 4.78 is 5.89. The Balaban J connectivity index is 1.56. The maximum absolute atomic E-state index is 13.4. The molecule has 0 amide bonds. The highest BCUT2D eigenvalue weighted by Crippen LogP contribution is 2.77. The number of aldehydes is 1. The highest BCUT2D eigenvalue weighted by molar-refractivity contribution is 6.01. The Hall–Kier alpha value is -1.45. The number of fused-ring (bicyclic) bond motifs is 7. The zero-order chi connectivity index (χ0) is 27.2. The molecule has 5 aliphatic carbocycles. The van der Waals surface area contributed by atoms with E-state index in [0.717, 1.165) is 44.0 Å². The molecule has 0 saturated heterocycles. The Morgan fingerprint density at radius 3 is 2.27 bits per heavy atom. The van der Waals surface area contributed by atoms with E-state index in [0.29, 0.717) is 36.4 Å². The van der Waals surface area contributed by atoms with Crippen molar-refractivity contribution in [2.24, 2.45) is 50.7 Å². The first-order chi connectivity index (χ1) is 17.2. The summed E-state index contributed by atoms with van der Waals surface area (Å²) >= 11 is 0. The van der Waals surface area contributed by atoms with Gasteiger partial charge in [-0.2, -0.15) is 0 Å². The van der Waals surface area contributed by atoms with E-state index in [4.69, 9.17) is 4.74 Å². The molecular formula is C33H50O4. The molecule has 8 atom stereocenters. The van der Waals surface area contributed by atoms with Crippen molar-refractivity contribution in [1.29, 1.82) is 0 Å². The topological polar surface area (TPSA) is 60.4 Å². The van der Waals surface area contributed by atoms with Crippen molar-refractivity contribution in [3.8, 4) is 0 Å². The minimum atomic E-state index is -0.225. The zero-order valence-electron chi connectivity index (χ0n) is 24.7. The lowest BCUT2D eigenvalue weighted by Crippen LogP contribution is -2.65. The first kappa shape index (κ1) is 27.1. The number of carbonyl (C=O) groups excluding carboxylic acids is 3. The smallest absolute Gasteiger partial charge is 0.302 e. The van der Waals surface area contributed by atoms with E-state index in [-0.39, 0.29) is 45.1 Å². The number of carbonyl (C=O) groups is 3. The molecule has 206 valence electrons. The molecule has 0 spiro atoms. The minimum absolute atomic E-state index is 0.00116. The molecular weight excluding hydrogens is 460 g/mol. The third-order valence-corrected chi connectivity index (χ3v) is 13.3. The number of hydrogen-bond donors (Lipinski definition) is 0. The fourth-order valence-corrected chi connectivity index (χ4v) is 11.5. The van der Waals surface area contributed by atoms with Gasteiger partial charge in [-0.1, -0.05) is 54.0 Å². The van der Waals surface area contributed by atoms with Gasteiger partial charge in [0, 0.05) is 30.6 Å². The fourth-order valence-electron chi connectivity index (χ4n) is 11.5. The lowest BCUT2D eigenvalue weighted by molar-refractivity contribution is -0.232. The molecule has 37 heavy (non-hydrogen) atoms. The van der Waals surface area contributed by atoms with E-state index in [9.17, 15) is 14.4 Å². The van der Waals surface area contributed by atoms with E-state index in [2.05, 4.69) is 48.5 Å². The Bertz CT molecular complexity index is 1040. The second-order valence-corrected chi connectivity index (χ2v) is 15.3. The van der Waals surface area contributed by atoms with E-state index < -0.39 is 0 Å². The SMILES string of the molecule is CC(=O)O[C@H]1CC[C@]2(C)[C@H]3CC[C@@H]4C5=C(C(C)C)C(=O)C[C@]5(CC=O)CC[C@@]4(C)[C@]3(C)CC[C@H]2C1(C)C. The van der Waals surface area contributed by atoms with Gasteiger partial charge in [0.05, 0.1) is 0 Å². The van der Waals surface area contributed by atoms with Gasteiger partial charge >= 0.3 is 5.97 Å². The van der Waals surface area contributed by atoms with E-state index >= 15 is 0 Å². The molecule has 4 fully saturated rings. The maximum Gasteiger partial charge on any atom is 0.302 e. The molecule has 5 aliphatic rings. The van der Waals surface area contributed by atoms with Gasteiger partial charge < -0.3 is 9.53 Å². The van der Waals surface area contributed by atoms with Crippen LogP contribution in [0.5, 0.6) is 0 Å². The highest BCUT2D eigenvalue weighted by atomic mass is 16.5. The summed E-state index contributed by atoms with van der Waals surface area (Å²) in [6.07, 6.45) is 11.0. The Morgan fingerprint density at radius 2 is 1.65 bits per heavy atom. The standard InChI is InChI=1S/C33H50O4/c1-20(2)27-23(36)19-33(17-18-34)16-15-31(7)22(28(27)33)9-10-25-30(6)13-12-26(37-21(3)35)29(4,5)24(30)11-14-32(25,31)8/h18,20,22,24-26H,9-17,19H2,1-8H3/t22-,24+,25-,26+,30+,31-,32-,33-/m1/s1. The van der Waals surface area contributed by atoms with Gasteiger partial charge in [-0.25, -0.2) is 0 Å². The van der Waals surface area contributed by atoms with Gasteiger partial charge in [-0.3, -0.25) is 9.59 Å². The van der Waals surface area contributed by atoms with E-state index in [1.165, 1.54) is 24.8 Å². The summed E-state index contributed by atoms with van der Waals surface area (Å²) in [5.74, 6) is 1.93. The fraction of sp³-hybridized carbons (Fsp3) is 0.848. The predicted octanol–water partition coefficient (Wildman–Crippen LogP) is 7.49. The van der Waals surface area contributed by atoms with Crippen molar-refractivity contribution in [2.75, 3.05) is 0 Å². The molecule has 0 aromatic rings. The van der Waals surface area contributed by atoms with Crippen molar-refractivity contribution in [2.45, 2.75) is 126 Å². The van der Waals surface area contributed by atoms with Crippen LogP contribution in [0.4, 0.5) is 0 Å². The molecule has 4 saturated carbocycles. The lowest BCUT2D eigenvalue weighted by atomic mass is 9.33. The number of ether oxygens (including phenoxy) is 1. The van der Waals surface area contributed by atoms with Crippen molar-refractivity contribution < 1.29 is 19.1 Å². The summed E-state index contributed by atoms with van der Waals surface area (Å²) in [5, 5.41) is 0. The molecule has 0 N–H and O–H groups in total. The lowest BCUT2D eigenvalue weighted by Gasteiger charge is -2.72. The Morgan fingerprint density at radius 1 is 0.946 bits per heavy atom. The maximum atomic E-state index is 13.4. The van der Waals surface area contributed by atoms with Crippen molar-refractivity contribution in [1.82, 2.24) is 0 Å². The van der Waals surface area contributed by atoms with Gasteiger partial charge in [-0.05, 0) is 96.9 Å². The second kappa shape index (κ2) is 8.52. The third kappa shape index (κ3) is 3.48. The summed E-state index contributed by atoms with van der Waals surface area (Å²) in [4.78, 5) is 37.2. The summed E-state index contributed by atoms with van der Waals surface area (Å²) in [7, 11) is 0. The van der Waals surface area contributed by atoms with Crippen molar-refractivity contribution in [3.63, 3.8) is 0 Å². The van der Waals surface area contributed by atoms with Crippen LogP contribution in [0.25, 0.3) is 0 Å². The molecule has 0 heterocycles. The molecule has 0 bridgehead atoms. The zero-order valence-corrected chi connectivity index (χ0v) is 24.7. The molecule has 0 aromatic carbocycles. The second-order valence-electron chi connectivity index (χ2n) is 15.3. The van der Waals surface area contributed by atoms with Gasteiger partial charge in [0.15, 0.2) is 5.78 Å². The van der Waals surface area contributed by atoms with Gasteiger partial charge in [0.1, 0.15) is 12.4 Å². The van der Waals surface area contributed by atoms with Crippen LogP contribution in [-0.2, 0) is 19.1 Å². The predicted molar refractivity (Wildman–Crippen MR) is 146 cm³/mol. The summed E-state index contributed by atoms with van der Waals surface area (Å²) in [5.41, 5.74) is 2.76. The van der Waals surface area contributed by atoms with E-state index in [1.807, 2.05) is 0 Å².